The van der Waals surface area contributed by atoms with Crippen molar-refractivity contribution in [1.82, 2.24) is 0 Å². The fourth-order valence-corrected chi connectivity index (χ4v) is 2.10. The lowest BCUT2D eigenvalue weighted by molar-refractivity contribution is -0.141. The molecule has 2 nitrogen and oxygen atoms in total. The van der Waals surface area contributed by atoms with Crippen LogP contribution in [0.5, 0.6) is 0 Å². The van der Waals surface area contributed by atoms with Crippen LogP contribution in [-0.2, 0) is 9.53 Å². The molecule has 0 N–H and O–H groups in total. The molecule has 1 saturated carbocycles. The fourth-order valence-electron chi connectivity index (χ4n) is 2.10. The van der Waals surface area contributed by atoms with Crippen LogP contribution in [-0.4, -0.2) is 13.1 Å². The minimum absolute atomic E-state index is 0.102. The lowest BCUT2D eigenvalue weighted by Crippen LogP contribution is -2.09. The van der Waals surface area contributed by atoms with Gasteiger partial charge in [0.15, 0.2) is 0 Å². The lowest BCUT2D eigenvalue weighted by Gasteiger charge is -2.15. The van der Waals surface area contributed by atoms with Crippen LogP contribution in [0.3, 0.4) is 0 Å². The van der Waals surface area contributed by atoms with Crippen molar-refractivity contribution in [3.05, 3.63) is 35.9 Å². The molecule has 2 heteroatoms. The number of hydrogen-bond acceptors (Lipinski definition) is 2. The molecule has 1 atom stereocenters. The SMILES string of the molecule is COC(=O)CC(CC1CC1)c1ccccc1. The summed E-state index contributed by atoms with van der Waals surface area (Å²) >= 11 is 0. The van der Waals surface area contributed by atoms with Gasteiger partial charge in [-0.2, -0.15) is 0 Å². The zero-order valence-corrected chi connectivity index (χ0v) is 9.69. The fraction of sp³-hybridized carbons (Fsp3) is 0.500. The molecule has 16 heavy (non-hydrogen) atoms. The van der Waals surface area contributed by atoms with E-state index >= 15 is 0 Å². The molecule has 0 heterocycles. The van der Waals surface area contributed by atoms with Crippen LogP contribution >= 0.6 is 0 Å². The number of ether oxygens (including phenoxy) is 1. The van der Waals surface area contributed by atoms with Gasteiger partial charge in [-0.25, -0.2) is 0 Å². The Morgan fingerprint density at radius 2 is 2.06 bits per heavy atom. The van der Waals surface area contributed by atoms with Gasteiger partial charge in [0, 0.05) is 0 Å². The first-order valence-corrected chi connectivity index (χ1v) is 5.91. The highest BCUT2D eigenvalue weighted by Gasteiger charge is 2.27. The predicted molar refractivity (Wildman–Crippen MR) is 63.2 cm³/mol. The van der Waals surface area contributed by atoms with E-state index in [0.717, 1.165) is 12.3 Å². The minimum Gasteiger partial charge on any atom is -0.469 e. The zero-order valence-electron chi connectivity index (χ0n) is 9.69. The first kappa shape index (κ1) is 11.2. The predicted octanol–water partition coefficient (Wildman–Crippen LogP) is 3.13. The van der Waals surface area contributed by atoms with Gasteiger partial charge in [0.1, 0.15) is 0 Å². The highest BCUT2D eigenvalue weighted by Crippen LogP contribution is 2.39. The number of carbonyl (C=O) groups excluding carboxylic acids is 1. The molecule has 0 aromatic heterocycles. The van der Waals surface area contributed by atoms with Gasteiger partial charge in [-0.15, -0.1) is 0 Å². The molecule has 86 valence electrons. The molecule has 1 aliphatic carbocycles. The molecule has 0 bridgehead atoms. The van der Waals surface area contributed by atoms with Crippen LogP contribution in [0.1, 0.15) is 37.2 Å². The second-order valence-electron chi connectivity index (χ2n) is 4.57. The normalized spacial score (nSPS) is 16.8. The molecule has 1 aromatic rings. The van der Waals surface area contributed by atoms with E-state index in [0.29, 0.717) is 12.3 Å². The van der Waals surface area contributed by atoms with E-state index < -0.39 is 0 Å². The van der Waals surface area contributed by atoms with Crippen LogP contribution in [0.4, 0.5) is 0 Å². The van der Waals surface area contributed by atoms with Crippen LogP contribution in [0.15, 0.2) is 30.3 Å². The molecule has 1 unspecified atom stereocenters. The quantitative estimate of drug-likeness (QED) is 0.710. The number of rotatable bonds is 5. The molecule has 1 fully saturated rings. The standard InChI is InChI=1S/C14H18O2/c1-16-14(15)10-13(9-11-7-8-11)12-5-3-2-4-6-12/h2-6,11,13H,7-10H2,1H3. The Labute approximate surface area is 96.6 Å². The zero-order chi connectivity index (χ0) is 11.4. The van der Waals surface area contributed by atoms with Crippen LogP contribution in [0.25, 0.3) is 0 Å². The van der Waals surface area contributed by atoms with Gasteiger partial charge in [0.25, 0.3) is 0 Å². The summed E-state index contributed by atoms with van der Waals surface area (Å²) in [6.07, 6.45) is 4.28. The van der Waals surface area contributed by atoms with Crippen molar-refractivity contribution < 1.29 is 9.53 Å². The van der Waals surface area contributed by atoms with Crippen molar-refractivity contribution in [3.8, 4) is 0 Å². The van der Waals surface area contributed by atoms with Gasteiger partial charge >= 0.3 is 5.97 Å². The van der Waals surface area contributed by atoms with Gasteiger partial charge in [-0.3, -0.25) is 4.79 Å². The summed E-state index contributed by atoms with van der Waals surface area (Å²) in [5.41, 5.74) is 1.26. The van der Waals surface area contributed by atoms with Crippen molar-refractivity contribution in [1.29, 1.82) is 0 Å². The topological polar surface area (TPSA) is 26.3 Å². The summed E-state index contributed by atoms with van der Waals surface area (Å²) in [5.74, 6) is 1.06. The van der Waals surface area contributed by atoms with E-state index in [9.17, 15) is 4.79 Å². The summed E-state index contributed by atoms with van der Waals surface area (Å²) < 4.78 is 4.77. The maximum Gasteiger partial charge on any atom is 0.306 e. The maximum atomic E-state index is 11.4. The third-order valence-corrected chi connectivity index (χ3v) is 3.23. The Morgan fingerprint density at radius 1 is 1.38 bits per heavy atom. The Morgan fingerprint density at radius 3 is 2.62 bits per heavy atom. The summed E-state index contributed by atoms with van der Waals surface area (Å²) in [5, 5.41) is 0. The molecule has 0 radical (unpaired) electrons. The van der Waals surface area contributed by atoms with Gasteiger partial charge in [0.2, 0.25) is 0 Å². The smallest absolute Gasteiger partial charge is 0.306 e. The number of hydrogen-bond donors (Lipinski definition) is 0. The summed E-state index contributed by atoms with van der Waals surface area (Å²) in [6.45, 7) is 0. The largest absolute Gasteiger partial charge is 0.469 e. The van der Waals surface area contributed by atoms with Gasteiger partial charge in [0.05, 0.1) is 13.5 Å². The van der Waals surface area contributed by atoms with Crippen LogP contribution < -0.4 is 0 Å². The number of benzene rings is 1. The van der Waals surface area contributed by atoms with Crippen LogP contribution in [0, 0.1) is 5.92 Å². The molecular weight excluding hydrogens is 200 g/mol. The first-order chi connectivity index (χ1) is 7.79. The van der Waals surface area contributed by atoms with Crippen molar-refractivity contribution in [2.45, 2.75) is 31.6 Å². The molecular formula is C14H18O2. The summed E-state index contributed by atoms with van der Waals surface area (Å²) in [6, 6.07) is 10.3. The average molecular weight is 218 g/mol. The Bertz CT molecular complexity index is 341. The molecule has 2 rings (SSSR count). The highest BCUT2D eigenvalue weighted by atomic mass is 16.5. The second kappa shape index (κ2) is 5.15. The van der Waals surface area contributed by atoms with Crippen molar-refractivity contribution in [2.75, 3.05) is 7.11 Å². The third-order valence-electron chi connectivity index (χ3n) is 3.23. The monoisotopic (exact) mass is 218 g/mol. The highest BCUT2D eigenvalue weighted by molar-refractivity contribution is 5.70. The molecule has 0 saturated heterocycles. The van der Waals surface area contributed by atoms with Crippen molar-refractivity contribution in [3.63, 3.8) is 0 Å². The van der Waals surface area contributed by atoms with Crippen LogP contribution in [0.2, 0.25) is 0 Å². The second-order valence-corrected chi connectivity index (χ2v) is 4.57. The van der Waals surface area contributed by atoms with E-state index in [-0.39, 0.29) is 5.97 Å². The molecule has 0 aliphatic heterocycles. The molecule has 1 aromatic carbocycles. The number of esters is 1. The summed E-state index contributed by atoms with van der Waals surface area (Å²) in [4.78, 5) is 11.4. The third kappa shape index (κ3) is 3.09. The van der Waals surface area contributed by atoms with Gasteiger partial charge in [-0.05, 0) is 23.8 Å². The van der Waals surface area contributed by atoms with E-state index in [4.69, 9.17) is 4.74 Å². The number of methoxy groups -OCH3 is 1. The van der Waals surface area contributed by atoms with Crippen molar-refractivity contribution in [2.24, 2.45) is 5.92 Å². The van der Waals surface area contributed by atoms with E-state index in [1.807, 2.05) is 18.2 Å². The van der Waals surface area contributed by atoms with E-state index in [2.05, 4.69) is 12.1 Å². The number of carbonyl (C=O) groups is 1. The average Bonchev–Trinajstić information content (AvgIpc) is 3.13. The van der Waals surface area contributed by atoms with Gasteiger partial charge in [-0.1, -0.05) is 43.2 Å². The maximum absolute atomic E-state index is 11.4. The Hall–Kier alpha value is -1.31. The lowest BCUT2D eigenvalue weighted by atomic mass is 9.90. The van der Waals surface area contributed by atoms with Gasteiger partial charge < -0.3 is 4.74 Å². The minimum atomic E-state index is -0.102. The van der Waals surface area contributed by atoms with E-state index in [1.165, 1.54) is 25.5 Å². The van der Waals surface area contributed by atoms with Crippen molar-refractivity contribution >= 4 is 5.97 Å². The molecule has 0 spiro atoms. The first-order valence-electron chi connectivity index (χ1n) is 5.91. The van der Waals surface area contributed by atoms with E-state index in [1.54, 1.807) is 0 Å². The summed E-state index contributed by atoms with van der Waals surface area (Å²) in [7, 11) is 1.46. The Kier molecular flexibility index (Phi) is 3.60. The molecule has 0 amide bonds. The molecule has 1 aliphatic rings. The Balaban J connectivity index is 2.04.